The van der Waals surface area contributed by atoms with Crippen LogP contribution in [0.2, 0.25) is 0 Å². The van der Waals surface area contributed by atoms with Gasteiger partial charge in [0.05, 0.1) is 29.6 Å². The highest BCUT2D eigenvalue weighted by Gasteiger charge is 2.50. The van der Waals surface area contributed by atoms with Crippen LogP contribution in [0.25, 0.3) is 0 Å². The fourth-order valence-electron chi connectivity index (χ4n) is 3.56. The average molecular weight is 372 g/mol. The fourth-order valence-corrected chi connectivity index (χ4v) is 5.11. The summed E-state index contributed by atoms with van der Waals surface area (Å²) < 4.78 is 19.8. The summed E-state index contributed by atoms with van der Waals surface area (Å²) >= 11 is 1.89. The van der Waals surface area contributed by atoms with E-state index in [1.165, 1.54) is 6.07 Å². The third kappa shape index (κ3) is 3.76. The molecular weight excluding hydrogens is 351 g/mol. The van der Waals surface area contributed by atoms with Crippen LogP contribution in [0.4, 0.5) is 4.39 Å². The molecule has 0 bridgehead atoms. The van der Waals surface area contributed by atoms with Crippen LogP contribution in [0.3, 0.4) is 0 Å². The van der Waals surface area contributed by atoms with Gasteiger partial charge in [0.2, 0.25) is 5.91 Å². The topological polar surface area (TPSA) is 42.4 Å². The van der Waals surface area contributed by atoms with Crippen molar-refractivity contribution >= 4 is 17.7 Å². The Balaban J connectivity index is 1.25. The lowest BCUT2D eigenvalue weighted by atomic mass is 9.92. The molecule has 0 saturated carbocycles. The second-order valence-corrected chi connectivity index (χ2v) is 8.46. The number of hydrogen-bond acceptors (Lipinski definition) is 4. The van der Waals surface area contributed by atoms with Gasteiger partial charge in [-0.05, 0) is 30.2 Å². The Bertz CT molecular complexity index is 780. The van der Waals surface area contributed by atoms with E-state index < -0.39 is 0 Å². The van der Waals surface area contributed by atoms with Crippen LogP contribution in [-0.2, 0) is 22.6 Å². The van der Waals surface area contributed by atoms with Crippen LogP contribution in [0.5, 0.6) is 0 Å². The number of ether oxygens (including phenoxy) is 1. The van der Waals surface area contributed by atoms with Crippen molar-refractivity contribution in [3.8, 4) is 0 Å². The summed E-state index contributed by atoms with van der Waals surface area (Å²) in [5, 5.41) is 0. The Hall–Kier alpha value is -1.92. The molecule has 2 aromatic rings. The first kappa shape index (κ1) is 17.5. The molecule has 0 radical (unpaired) electrons. The van der Waals surface area contributed by atoms with Crippen LogP contribution in [0, 0.1) is 5.82 Å². The maximum Gasteiger partial charge on any atom is 0.227 e. The van der Waals surface area contributed by atoms with Gasteiger partial charge < -0.3 is 9.64 Å². The monoisotopic (exact) mass is 372 g/mol. The Morgan fingerprint density at radius 1 is 1.27 bits per heavy atom. The largest absolute Gasteiger partial charge is 0.371 e. The van der Waals surface area contributed by atoms with Crippen LogP contribution in [0.15, 0.2) is 48.7 Å². The first-order valence-corrected chi connectivity index (χ1v) is 9.79. The maximum absolute atomic E-state index is 13.7. The summed E-state index contributed by atoms with van der Waals surface area (Å²) in [4.78, 5) is 18.5. The molecule has 4 nitrogen and oxygen atoms in total. The zero-order valence-corrected chi connectivity index (χ0v) is 15.3. The number of carbonyl (C=O) groups excluding carboxylic acids is 1. The molecule has 136 valence electrons. The number of benzene rings is 1. The molecule has 6 heteroatoms. The van der Waals surface area contributed by atoms with Crippen molar-refractivity contribution in [3.63, 3.8) is 0 Å². The van der Waals surface area contributed by atoms with Crippen molar-refractivity contribution in [3.05, 3.63) is 65.7 Å². The second-order valence-electron chi connectivity index (χ2n) is 6.97. The lowest BCUT2D eigenvalue weighted by Crippen LogP contribution is -2.61. The molecule has 3 heterocycles. The maximum atomic E-state index is 13.7. The van der Waals surface area contributed by atoms with Gasteiger partial charge >= 0.3 is 0 Å². The zero-order valence-electron chi connectivity index (χ0n) is 14.4. The third-order valence-corrected chi connectivity index (χ3v) is 6.55. The molecule has 0 N–H and O–H groups in total. The first-order chi connectivity index (χ1) is 12.6. The summed E-state index contributed by atoms with van der Waals surface area (Å²) in [6.45, 7) is 1.99. The predicted molar refractivity (Wildman–Crippen MR) is 99.3 cm³/mol. The lowest BCUT2D eigenvalue weighted by Gasteiger charge is -2.47. The Kier molecular flexibility index (Phi) is 4.96. The Morgan fingerprint density at radius 3 is 2.85 bits per heavy atom. The van der Waals surface area contributed by atoms with Gasteiger partial charge in [-0.25, -0.2) is 4.39 Å². The zero-order chi connectivity index (χ0) is 18.0. The van der Waals surface area contributed by atoms with Crippen molar-refractivity contribution in [1.82, 2.24) is 9.88 Å². The molecule has 2 aliphatic rings. The normalized spacial score (nSPS) is 21.0. The van der Waals surface area contributed by atoms with Gasteiger partial charge in [0.25, 0.3) is 0 Å². The number of pyridine rings is 1. The predicted octanol–water partition coefficient (Wildman–Crippen LogP) is 3.07. The van der Waals surface area contributed by atoms with E-state index >= 15 is 0 Å². The molecule has 2 saturated heterocycles. The van der Waals surface area contributed by atoms with Gasteiger partial charge in [0.1, 0.15) is 5.82 Å². The second kappa shape index (κ2) is 7.37. The molecule has 1 aromatic carbocycles. The molecule has 4 rings (SSSR count). The van der Waals surface area contributed by atoms with E-state index in [4.69, 9.17) is 4.74 Å². The molecule has 1 spiro atoms. The van der Waals surface area contributed by atoms with E-state index in [0.717, 1.165) is 31.0 Å². The first-order valence-electron chi connectivity index (χ1n) is 8.80. The quantitative estimate of drug-likeness (QED) is 0.809. The molecule has 1 amide bonds. The molecule has 2 fully saturated rings. The summed E-state index contributed by atoms with van der Waals surface area (Å²) in [7, 11) is 0. The van der Waals surface area contributed by atoms with Crippen LogP contribution >= 0.6 is 11.8 Å². The number of rotatable bonds is 5. The smallest absolute Gasteiger partial charge is 0.227 e. The highest BCUT2D eigenvalue weighted by Crippen LogP contribution is 2.46. The van der Waals surface area contributed by atoms with Crippen LogP contribution in [0.1, 0.15) is 17.7 Å². The summed E-state index contributed by atoms with van der Waals surface area (Å²) in [6.07, 6.45) is 3.06. The number of likely N-dealkylation sites (tertiary alicyclic amines) is 1. The molecular formula is C20H21FN2O2S. The number of halogens is 1. The number of hydrogen-bond donors (Lipinski definition) is 0. The van der Waals surface area contributed by atoms with Gasteiger partial charge in [-0.1, -0.05) is 24.3 Å². The number of carbonyl (C=O) groups is 1. The van der Waals surface area contributed by atoms with Crippen molar-refractivity contribution in [2.45, 2.75) is 30.3 Å². The third-order valence-electron chi connectivity index (χ3n) is 4.98. The van der Waals surface area contributed by atoms with Gasteiger partial charge in [0, 0.05) is 25.0 Å². The van der Waals surface area contributed by atoms with E-state index in [9.17, 15) is 9.18 Å². The molecule has 2 aliphatic heterocycles. The number of aromatic nitrogens is 1. The van der Waals surface area contributed by atoms with Crippen LogP contribution < -0.4 is 0 Å². The summed E-state index contributed by atoms with van der Waals surface area (Å²) in [5.41, 5.74) is 1.41. The van der Waals surface area contributed by atoms with Crippen LogP contribution in [-0.4, -0.2) is 45.5 Å². The van der Waals surface area contributed by atoms with Crippen molar-refractivity contribution in [2.24, 2.45) is 0 Å². The molecule has 1 atom stereocenters. The van der Waals surface area contributed by atoms with Gasteiger partial charge in [0.15, 0.2) is 0 Å². The SMILES string of the molecule is O=C(Cc1ccccc1F)N1CC2(C[C@@H](OCc3ccccn3)CS2)C1. The minimum Gasteiger partial charge on any atom is -0.371 e. The highest BCUT2D eigenvalue weighted by molar-refractivity contribution is 8.01. The number of amides is 1. The Labute approximate surface area is 156 Å². The molecule has 1 aromatic heterocycles. The van der Waals surface area contributed by atoms with Gasteiger partial charge in [-0.2, -0.15) is 0 Å². The van der Waals surface area contributed by atoms with Crippen molar-refractivity contribution < 1.29 is 13.9 Å². The molecule has 0 unspecified atom stereocenters. The fraction of sp³-hybridized carbons (Fsp3) is 0.400. The van der Waals surface area contributed by atoms with E-state index in [0.29, 0.717) is 12.2 Å². The molecule has 0 aliphatic carbocycles. The van der Waals surface area contributed by atoms with Crippen molar-refractivity contribution in [1.29, 1.82) is 0 Å². The van der Waals surface area contributed by atoms with E-state index in [1.54, 1.807) is 24.4 Å². The van der Waals surface area contributed by atoms with Gasteiger partial charge in [-0.15, -0.1) is 11.8 Å². The van der Waals surface area contributed by atoms with E-state index in [-0.39, 0.29) is 29.0 Å². The van der Waals surface area contributed by atoms with Gasteiger partial charge in [-0.3, -0.25) is 9.78 Å². The minimum absolute atomic E-state index is 0.000760. The Morgan fingerprint density at radius 2 is 2.08 bits per heavy atom. The van der Waals surface area contributed by atoms with Crippen molar-refractivity contribution in [2.75, 3.05) is 18.8 Å². The summed E-state index contributed by atoms with van der Waals surface area (Å²) in [6, 6.07) is 12.3. The number of nitrogens with zero attached hydrogens (tertiary/aromatic N) is 2. The average Bonchev–Trinajstić information content (AvgIpc) is 3.06. The minimum atomic E-state index is -0.311. The summed E-state index contributed by atoms with van der Waals surface area (Å²) in [5.74, 6) is 0.635. The molecule has 26 heavy (non-hydrogen) atoms. The highest BCUT2D eigenvalue weighted by atomic mass is 32.2. The van der Waals surface area contributed by atoms with E-state index in [2.05, 4.69) is 4.98 Å². The van der Waals surface area contributed by atoms with E-state index in [1.807, 2.05) is 34.9 Å². The lowest BCUT2D eigenvalue weighted by molar-refractivity contribution is -0.136. The number of thioether (sulfide) groups is 1. The standard InChI is InChI=1S/C20H21FN2O2S/c21-18-7-2-1-5-15(18)9-19(24)23-13-20(14-23)10-17(12-26-20)25-11-16-6-3-4-8-22-16/h1-8,17H,9-14H2/t17-/m1/s1.